The highest BCUT2D eigenvalue weighted by Crippen LogP contribution is 2.27. The van der Waals surface area contributed by atoms with Crippen LogP contribution < -0.4 is 5.32 Å². The summed E-state index contributed by atoms with van der Waals surface area (Å²) < 4.78 is 0.998. The van der Waals surface area contributed by atoms with Gasteiger partial charge in [0.15, 0.2) is 0 Å². The fraction of sp³-hybridized carbons (Fsp3) is 0.538. The minimum absolute atomic E-state index is 0.369. The molecule has 2 N–H and O–H groups in total. The van der Waals surface area contributed by atoms with Crippen molar-refractivity contribution >= 4 is 15.9 Å². The second-order valence-electron chi connectivity index (χ2n) is 4.42. The van der Waals surface area contributed by atoms with Crippen molar-refractivity contribution in [3.8, 4) is 0 Å². The summed E-state index contributed by atoms with van der Waals surface area (Å²) in [6, 6.07) is 8.37. The quantitative estimate of drug-likeness (QED) is 0.894. The molecule has 1 heterocycles. The molecule has 16 heavy (non-hydrogen) atoms. The number of hydrogen-bond acceptors (Lipinski definition) is 2. The summed E-state index contributed by atoms with van der Waals surface area (Å²) in [5, 5.41) is 13.6. The molecule has 0 bridgehead atoms. The third kappa shape index (κ3) is 3.06. The Labute approximate surface area is 105 Å². The zero-order valence-corrected chi connectivity index (χ0v) is 10.9. The van der Waals surface area contributed by atoms with Crippen LogP contribution >= 0.6 is 15.9 Å². The summed E-state index contributed by atoms with van der Waals surface area (Å²) in [5.41, 5.74) is 0.995. The van der Waals surface area contributed by atoms with Gasteiger partial charge in [-0.25, -0.2) is 0 Å². The van der Waals surface area contributed by atoms with E-state index in [0.29, 0.717) is 6.04 Å². The van der Waals surface area contributed by atoms with Crippen molar-refractivity contribution in [3.05, 3.63) is 34.3 Å². The van der Waals surface area contributed by atoms with Crippen molar-refractivity contribution in [2.24, 2.45) is 0 Å². The van der Waals surface area contributed by atoms with Crippen molar-refractivity contribution in [2.75, 3.05) is 6.54 Å². The molecule has 1 aromatic rings. The van der Waals surface area contributed by atoms with Gasteiger partial charge in [0.2, 0.25) is 0 Å². The lowest BCUT2D eigenvalue weighted by atomic mass is 9.96. The minimum atomic E-state index is -0.369. The van der Waals surface area contributed by atoms with Crippen molar-refractivity contribution in [3.63, 3.8) is 0 Å². The Morgan fingerprint density at radius 2 is 2.19 bits per heavy atom. The fourth-order valence-electron chi connectivity index (χ4n) is 2.27. The predicted octanol–water partition coefficient (Wildman–Crippen LogP) is 3.01. The Morgan fingerprint density at radius 1 is 1.38 bits per heavy atom. The topological polar surface area (TPSA) is 32.3 Å². The van der Waals surface area contributed by atoms with Gasteiger partial charge in [-0.15, -0.1) is 0 Å². The molecule has 0 saturated carbocycles. The number of rotatable bonds is 3. The van der Waals surface area contributed by atoms with E-state index in [1.165, 1.54) is 19.3 Å². The first kappa shape index (κ1) is 12.1. The second kappa shape index (κ2) is 5.80. The Kier molecular flexibility index (Phi) is 4.38. The zero-order valence-electron chi connectivity index (χ0n) is 9.32. The number of piperidine rings is 1. The lowest BCUT2D eigenvalue weighted by Gasteiger charge is -2.26. The predicted molar refractivity (Wildman–Crippen MR) is 69.4 cm³/mol. The van der Waals surface area contributed by atoms with E-state index in [2.05, 4.69) is 21.2 Å². The minimum Gasteiger partial charge on any atom is -0.388 e. The van der Waals surface area contributed by atoms with Crippen LogP contribution in [-0.2, 0) is 0 Å². The number of aliphatic hydroxyl groups is 1. The molecule has 88 valence electrons. The third-order valence-corrected chi connectivity index (χ3v) is 3.91. The standard InChI is InChI=1S/C13H18BrNO/c14-12-7-2-1-6-11(12)13(16)9-10-5-3-4-8-15-10/h1-2,6-7,10,13,15-16H,3-5,8-9H2/t10-,13+/m0/s1. The molecule has 3 heteroatoms. The fourth-order valence-corrected chi connectivity index (χ4v) is 2.82. The first-order valence-electron chi connectivity index (χ1n) is 5.93. The van der Waals surface area contributed by atoms with Gasteiger partial charge in [0.1, 0.15) is 0 Å². The molecule has 1 fully saturated rings. The highest BCUT2D eigenvalue weighted by atomic mass is 79.9. The third-order valence-electron chi connectivity index (χ3n) is 3.18. The lowest BCUT2D eigenvalue weighted by molar-refractivity contribution is 0.144. The molecule has 0 spiro atoms. The molecule has 0 aliphatic carbocycles. The van der Waals surface area contributed by atoms with E-state index in [4.69, 9.17) is 0 Å². The molecule has 0 amide bonds. The molecule has 1 saturated heterocycles. The number of aliphatic hydroxyl groups excluding tert-OH is 1. The Morgan fingerprint density at radius 3 is 2.88 bits per heavy atom. The van der Waals surface area contributed by atoms with Gasteiger partial charge in [-0.2, -0.15) is 0 Å². The van der Waals surface area contributed by atoms with Gasteiger partial charge in [-0.05, 0) is 37.4 Å². The molecule has 0 unspecified atom stereocenters. The average molecular weight is 284 g/mol. The van der Waals surface area contributed by atoms with Crippen molar-refractivity contribution in [2.45, 2.75) is 37.8 Å². The number of halogens is 1. The van der Waals surface area contributed by atoms with Crippen LogP contribution in [0, 0.1) is 0 Å². The first-order valence-corrected chi connectivity index (χ1v) is 6.72. The monoisotopic (exact) mass is 283 g/mol. The van der Waals surface area contributed by atoms with Gasteiger partial charge in [0, 0.05) is 10.5 Å². The van der Waals surface area contributed by atoms with Crippen molar-refractivity contribution in [1.29, 1.82) is 0 Å². The number of nitrogens with one attached hydrogen (secondary N) is 1. The maximum Gasteiger partial charge on any atom is 0.0815 e. The molecular weight excluding hydrogens is 266 g/mol. The van der Waals surface area contributed by atoms with E-state index < -0.39 is 0 Å². The van der Waals surface area contributed by atoms with Gasteiger partial charge in [0.25, 0.3) is 0 Å². The van der Waals surface area contributed by atoms with Gasteiger partial charge < -0.3 is 10.4 Å². The lowest BCUT2D eigenvalue weighted by Crippen LogP contribution is -2.35. The normalized spacial score (nSPS) is 23.0. The molecule has 0 aromatic heterocycles. The number of benzene rings is 1. The summed E-state index contributed by atoms with van der Waals surface area (Å²) >= 11 is 3.48. The largest absolute Gasteiger partial charge is 0.388 e. The van der Waals surface area contributed by atoms with Gasteiger partial charge in [-0.1, -0.05) is 40.5 Å². The Hall–Kier alpha value is -0.380. The zero-order chi connectivity index (χ0) is 11.4. The van der Waals surface area contributed by atoms with Gasteiger partial charge in [-0.3, -0.25) is 0 Å². The second-order valence-corrected chi connectivity index (χ2v) is 5.27. The smallest absolute Gasteiger partial charge is 0.0815 e. The first-order chi connectivity index (χ1) is 7.77. The van der Waals surface area contributed by atoms with Crippen LogP contribution in [0.4, 0.5) is 0 Å². The van der Waals surface area contributed by atoms with E-state index in [1.54, 1.807) is 0 Å². The molecule has 1 aromatic carbocycles. The molecule has 2 atom stereocenters. The maximum atomic E-state index is 10.2. The average Bonchev–Trinajstić information content (AvgIpc) is 2.31. The Bertz CT molecular complexity index is 336. The molecule has 2 rings (SSSR count). The summed E-state index contributed by atoms with van der Waals surface area (Å²) in [6.07, 6.45) is 4.16. The van der Waals surface area contributed by atoms with Crippen molar-refractivity contribution < 1.29 is 5.11 Å². The van der Waals surface area contributed by atoms with E-state index in [9.17, 15) is 5.11 Å². The molecule has 0 radical (unpaired) electrons. The van der Waals surface area contributed by atoms with Crippen LogP contribution in [-0.4, -0.2) is 17.7 Å². The molecule has 1 aliphatic heterocycles. The summed E-state index contributed by atoms with van der Waals surface area (Å²) in [5.74, 6) is 0. The van der Waals surface area contributed by atoms with Gasteiger partial charge >= 0.3 is 0 Å². The van der Waals surface area contributed by atoms with E-state index >= 15 is 0 Å². The van der Waals surface area contributed by atoms with Crippen molar-refractivity contribution in [1.82, 2.24) is 5.32 Å². The van der Waals surface area contributed by atoms with E-state index in [-0.39, 0.29) is 6.10 Å². The molecule has 1 aliphatic rings. The summed E-state index contributed by atoms with van der Waals surface area (Å²) in [4.78, 5) is 0. The van der Waals surface area contributed by atoms with Crippen LogP contribution in [0.2, 0.25) is 0 Å². The van der Waals surface area contributed by atoms with E-state index in [1.807, 2.05) is 24.3 Å². The Balaban J connectivity index is 1.96. The van der Waals surface area contributed by atoms with Gasteiger partial charge in [0.05, 0.1) is 6.10 Å². The van der Waals surface area contributed by atoms with Crippen LogP contribution in [0.15, 0.2) is 28.7 Å². The van der Waals surface area contributed by atoms with Crippen LogP contribution in [0.5, 0.6) is 0 Å². The SMILES string of the molecule is O[C@H](C[C@@H]1CCCCN1)c1ccccc1Br. The highest BCUT2D eigenvalue weighted by Gasteiger charge is 2.19. The molecule has 2 nitrogen and oxygen atoms in total. The highest BCUT2D eigenvalue weighted by molar-refractivity contribution is 9.10. The van der Waals surface area contributed by atoms with Crippen LogP contribution in [0.1, 0.15) is 37.4 Å². The molecular formula is C13H18BrNO. The van der Waals surface area contributed by atoms with Crippen LogP contribution in [0.3, 0.4) is 0 Å². The summed E-state index contributed by atoms with van der Waals surface area (Å²) in [7, 11) is 0. The number of hydrogen-bond donors (Lipinski definition) is 2. The summed E-state index contributed by atoms with van der Waals surface area (Å²) in [6.45, 7) is 1.09. The maximum absolute atomic E-state index is 10.2. The van der Waals surface area contributed by atoms with Crippen LogP contribution in [0.25, 0.3) is 0 Å². The van der Waals surface area contributed by atoms with E-state index in [0.717, 1.165) is 23.0 Å².